The molecule has 0 spiro atoms. The van der Waals surface area contributed by atoms with Crippen molar-refractivity contribution in [2.75, 3.05) is 50.7 Å². The highest BCUT2D eigenvalue weighted by molar-refractivity contribution is 5.82. The molecule has 31 heavy (non-hydrogen) atoms. The summed E-state index contributed by atoms with van der Waals surface area (Å²) in [5.74, 6) is 0.206. The summed E-state index contributed by atoms with van der Waals surface area (Å²) < 4.78 is 0. The van der Waals surface area contributed by atoms with Gasteiger partial charge in [-0.1, -0.05) is 48.0 Å². The first-order valence-electron chi connectivity index (χ1n) is 11.8. The highest BCUT2D eigenvalue weighted by Crippen LogP contribution is 2.20. The van der Waals surface area contributed by atoms with E-state index in [4.69, 9.17) is 0 Å². The lowest BCUT2D eigenvalue weighted by molar-refractivity contribution is -0.125. The Kier molecular flexibility index (Phi) is 7.60. The summed E-state index contributed by atoms with van der Waals surface area (Å²) in [5.41, 5.74) is 3.92. The van der Waals surface area contributed by atoms with Crippen LogP contribution < -0.4 is 10.2 Å². The second-order valence-electron chi connectivity index (χ2n) is 8.92. The van der Waals surface area contributed by atoms with Crippen LogP contribution in [0, 0.1) is 6.92 Å². The van der Waals surface area contributed by atoms with E-state index >= 15 is 0 Å². The number of piperazine rings is 1. The second kappa shape index (κ2) is 10.8. The molecule has 5 heteroatoms. The van der Waals surface area contributed by atoms with E-state index in [2.05, 4.69) is 75.5 Å². The van der Waals surface area contributed by atoms with Crippen molar-refractivity contribution < 1.29 is 4.79 Å². The van der Waals surface area contributed by atoms with Gasteiger partial charge in [0.25, 0.3) is 0 Å². The molecule has 0 bridgehead atoms. The number of likely N-dealkylation sites (tertiary alicyclic amines) is 1. The summed E-state index contributed by atoms with van der Waals surface area (Å²) in [4.78, 5) is 20.1. The fourth-order valence-electron chi connectivity index (χ4n) is 4.75. The van der Waals surface area contributed by atoms with Crippen LogP contribution >= 0.6 is 0 Å². The number of carbonyl (C=O) groups excluding carboxylic acids is 1. The van der Waals surface area contributed by atoms with E-state index < -0.39 is 0 Å². The lowest BCUT2D eigenvalue weighted by Crippen LogP contribution is -2.47. The van der Waals surface area contributed by atoms with Crippen molar-refractivity contribution in [3.63, 3.8) is 0 Å². The minimum Gasteiger partial charge on any atom is -0.369 e. The Labute approximate surface area is 187 Å². The van der Waals surface area contributed by atoms with Crippen LogP contribution in [-0.2, 0) is 11.3 Å². The van der Waals surface area contributed by atoms with Crippen molar-refractivity contribution in [2.24, 2.45) is 0 Å². The van der Waals surface area contributed by atoms with Crippen molar-refractivity contribution in [3.05, 3.63) is 65.7 Å². The third-order valence-corrected chi connectivity index (χ3v) is 6.62. The quantitative estimate of drug-likeness (QED) is 0.665. The van der Waals surface area contributed by atoms with E-state index in [1.54, 1.807) is 0 Å². The third-order valence-electron chi connectivity index (χ3n) is 6.62. The SMILES string of the molecule is Cc1ccc(N2CCN(CCCNC(=O)C3CCCN3Cc3ccccc3)CC2)cc1. The van der Waals surface area contributed by atoms with Gasteiger partial charge in [0.15, 0.2) is 0 Å². The number of nitrogens with zero attached hydrogens (tertiary/aromatic N) is 3. The van der Waals surface area contributed by atoms with E-state index in [0.29, 0.717) is 0 Å². The molecule has 2 fully saturated rings. The molecular weight excluding hydrogens is 384 g/mol. The van der Waals surface area contributed by atoms with Gasteiger partial charge in [0.05, 0.1) is 6.04 Å². The first-order valence-corrected chi connectivity index (χ1v) is 11.8. The van der Waals surface area contributed by atoms with Gasteiger partial charge in [-0.15, -0.1) is 0 Å². The summed E-state index contributed by atoms with van der Waals surface area (Å²) in [6, 6.07) is 19.3. The largest absolute Gasteiger partial charge is 0.369 e. The minimum atomic E-state index is 0.0262. The highest BCUT2D eigenvalue weighted by Gasteiger charge is 2.30. The molecular formula is C26H36N4O. The zero-order valence-corrected chi connectivity index (χ0v) is 18.8. The fourth-order valence-corrected chi connectivity index (χ4v) is 4.75. The molecule has 0 aromatic heterocycles. The number of benzene rings is 2. The maximum atomic E-state index is 12.7. The number of rotatable bonds is 8. The van der Waals surface area contributed by atoms with Crippen LogP contribution in [0.3, 0.4) is 0 Å². The van der Waals surface area contributed by atoms with Gasteiger partial charge in [-0.05, 0) is 57.0 Å². The molecule has 0 aliphatic carbocycles. The number of nitrogens with one attached hydrogen (secondary N) is 1. The minimum absolute atomic E-state index is 0.0262. The van der Waals surface area contributed by atoms with Gasteiger partial charge in [-0.2, -0.15) is 0 Å². The summed E-state index contributed by atoms with van der Waals surface area (Å²) >= 11 is 0. The van der Waals surface area contributed by atoms with Crippen LogP contribution in [0.25, 0.3) is 0 Å². The molecule has 0 saturated carbocycles. The molecule has 1 unspecified atom stereocenters. The predicted octanol–water partition coefficient (Wildman–Crippen LogP) is 3.29. The van der Waals surface area contributed by atoms with Crippen molar-refractivity contribution in [3.8, 4) is 0 Å². The van der Waals surface area contributed by atoms with Crippen LogP contribution in [0.4, 0.5) is 5.69 Å². The monoisotopic (exact) mass is 420 g/mol. The number of hydrogen-bond acceptors (Lipinski definition) is 4. The lowest BCUT2D eigenvalue weighted by atomic mass is 10.1. The Morgan fingerprint density at radius 1 is 0.968 bits per heavy atom. The molecule has 2 aliphatic rings. The maximum absolute atomic E-state index is 12.7. The molecule has 2 aromatic rings. The highest BCUT2D eigenvalue weighted by atomic mass is 16.2. The van der Waals surface area contributed by atoms with E-state index in [0.717, 1.165) is 71.6 Å². The summed E-state index contributed by atoms with van der Waals surface area (Å²) in [6.07, 6.45) is 3.09. The normalized spacial score (nSPS) is 20.2. The average molecular weight is 421 g/mol. The molecule has 5 nitrogen and oxygen atoms in total. The van der Waals surface area contributed by atoms with Gasteiger partial charge in [0, 0.05) is 45.0 Å². The Morgan fingerprint density at radius 3 is 2.45 bits per heavy atom. The fraction of sp³-hybridized carbons (Fsp3) is 0.500. The topological polar surface area (TPSA) is 38.8 Å². The standard InChI is InChI=1S/C26H36N4O/c1-22-10-12-24(13-11-22)29-19-17-28(18-20-29)15-6-14-27-26(31)25-9-5-16-30(25)21-23-7-3-2-4-8-23/h2-4,7-8,10-13,25H,5-6,9,14-21H2,1H3,(H,27,31). The van der Waals surface area contributed by atoms with Crippen LogP contribution in [0.2, 0.25) is 0 Å². The number of carbonyl (C=O) groups is 1. The predicted molar refractivity (Wildman–Crippen MR) is 127 cm³/mol. The van der Waals surface area contributed by atoms with Crippen LogP contribution in [0.5, 0.6) is 0 Å². The van der Waals surface area contributed by atoms with E-state index in [9.17, 15) is 4.79 Å². The van der Waals surface area contributed by atoms with Gasteiger partial charge < -0.3 is 10.2 Å². The summed E-state index contributed by atoms with van der Waals surface area (Å²) in [7, 11) is 0. The first-order chi connectivity index (χ1) is 15.2. The molecule has 166 valence electrons. The second-order valence-corrected chi connectivity index (χ2v) is 8.92. The van der Waals surface area contributed by atoms with Gasteiger partial charge in [0.2, 0.25) is 5.91 Å². The molecule has 1 atom stereocenters. The van der Waals surface area contributed by atoms with Crippen LogP contribution in [-0.4, -0.2) is 67.6 Å². The Hall–Kier alpha value is -2.37. The number of hydrogen-bond donors (Lipinski definition) is 1. The molecule has 1 amide bonds. The molecule has 0 radical (unpaired) electrons. The van der Waals surface area contributed by atoms with Crippen molar-refractivity contribution in [2.45, 2.75) is 38.8 Å². The maximum Gasteiger partial charge on any atom is 0.237 e. The first kappa shape index (κ1) is 21.8. The molecule has 1 N–H and O–H groups in total. The Balaban J connectivity index is 1.14. The van der Waals surface area contributed by atoms with Crippen LogP contribution in [0.15, 0.2) is 54.6 Å². The zero-order chi connectivity index (χ0) is 21.5. The van der Waals surface area contributed by atoms with Gasteiger partial charge in [-0.3, -0.25) is 14.6 Å². The number of amides is 1. The molecule has 4 rings (SSSR count). The van der Waals surface area contributed by atoms with Crippen molar-refractivity contribution in [1.29, 1.82) is 0 Å². The van der Waals surface area contributed by atoms with Gasteiger partial charge >= 0.3 is 0 Å². The van der Waals surface area contributed by atoms with E-state index in [1.165, 1.54) is 16.8 Å². The molecule has 2 heterocycles. The zero-order valence-electron chi connectivity index (χ0n) is 18.8. The van der Waals surface area contributed by atoms with Crippen molar-refractivity contribution >= 4 is 11.6 Å². The van der Waals surface area contributed by atoms with Gasteiger partial charge in [0.1, 0.15) is 0 Å². The van der Waals surface area contributed by atoms with Crippen LogP contribution in [0.1, 0.15) is 30.4 Å². The number of aryl methyl sites for hydroxylation is 1. The number of anilines is 1. The molecule has 2 aliphatic heterocycles. The van der Waals surface area contributed by atoms with E-state index in [1.807, 2.05) is 6.07 Å². The van der Waals surface area contributed by atoms with Crippen molar-refractivity contribution in [1.82, 2.24) is 15.1 Å². The summed E-state index contributed by atoms with van der Waals surface area (Å²) in [5, 5.41) is 3.20. The Bertz CT molecular complexity index is 815. The van der Waals surface area contributed by atoms with E-state index in [-0.39, 0.29) is 11.9 Å². The molecule has 2 saturated heterocycles. The van der Waals surface area contributed by atoms with Gasteiger partial charge in [-0.25, -0.2) is 0 Å². The smallest absolute Gasteiger partial charge is 0.237 e. The summed E-state index contributed by atoms with van der Waals surface area (Å²) in [6.45, 7) is 10.2. The lowest BCUT2D eigenvalue weighted by Gasteiger charge is -2.36. The molecule has 2 aromatic carbocycles. The third kappa shape index (κ3) is 6.08. The Morgan fingerprint density at radius 2 is 1.71 bits per heavy atom. The average Bonchev–Trinajstić information content (AvgIpc) is 3.26.